The molecule has 0 saturated carbocycles. The van der Waals surface area contributed by atoms with E-state index < -0.39 is 0 Å². The highest BCUT2D eigenvalue weighted by Crippen LogP contribution is 2.45. The summed E-state index contributed by atoms with van der Waals surface area (Å²) in [6.07, 6.45) is 1.55. The molecular weight excluding hydrogens is 290 g/mol. The molecule has 0 saturated heterocycles. The molecule has 4 heteroatoms. The van der Waals surface area contributed by atoms with Crippen LogP contribution in [0.25, 0.3) is 0 Å². The van der Waals surface area contributed by atoms with Crippen molar-refractivity contribution in [1.82, 2.24) is 5.32 Å². The molecule has 1 aromatic carbocycles. The molecule has 1 atom stereocenters. The summed E-state index contributed by atoms with van der Waals surface area (Å²) in [5, 5.41) is 2.93. The monoisotopic (exact) mass is 313 g/mol. The second kappa shape index (κ2) is 5.84. The Morgan fingerprint density at radius 2 is 1.96 bits per heavy atom. The van der Waals surface area contributed by atoms with E-state index in [2.05, 4.69) is 19.2 Å². The lowest BCUT2D eigenvalue weighted by Crippen LogP contribution is -2.40. The van der Waals surface area contributed by atoms with Crippen molar-refractivity contribution < 1.29 is 14.3 Å². The average molecular weight is 313 g/mol. The van der Waals surface area contributed by atoms with E-state index in [-0.39, 0.29) is 23.0 Å². The Morgan fingerprint density at radius 3 is 2.70 bits per heavy atom. The summed E-state index contributed by atoms with van der Waals surface area (Å²) in [4.78, 5) is 24.9. The minimum Gasteiger partial charge on any atom is -0.494 e. The van der Waals surface area contributed by atoms with Gasteiger partial charge in [-0.1, -0.05) is 32.0 Å². The SMILES string of the molecule is CCOc1ccccc1[C@@H]1CC(=O)NC2=C1C(=O)CC(C)(C)C2. The van der Waals surface area contributed by atoms with E-state index in [1.54, 1.807) is 0 Å². The first-order chi connectivity index (χ1) is 10.9. The van der Waals surface area contributed by atoms with Gasteiger partial charge < -0.3 is 10.1 Å². The Morgan fingerprint density at radius 1 is 1.22 bits per heavy atom. The molecule has 3 rings (SSSR count). The molecule has 2 aliphatic rings. The van der Waals surface area contributed by atoms with Crippen LogP contribution >= 0.6 is 0 Å². The summed E-state index contributed by atoms with van der Waals surface area (Å²) in [5.74, 6) is 0.683. The van der Waals surface area contributed by atoms with E-state index in [0.29, 0.717) is 19.4 Å². The van der Waals surface area contributed by atoms with Gasteiger partial charge in [0, 0.05) is 35.6 Å². The van der Waals surface area contributed by atoms with Gasteiger partial charge in [-0.3, -0.25) is 9.59 Å². The van der Waals surface area contributed by atoms with Gasteiger partial charge in [0.1, 0.15) is 5.75 Å². The normalized spacial score (nSPS) is 23.3. The number of nitrogens with one attached hydrogen (secondary N) is 1. The second-order valence-electron chi connectivity index (χ2n) is 7.11. The zero-order valence-electron chi connectivity index (χ0n) is 13.9. The number of hydrogen-bond donors (Lipinski definition) is 1. The molecule has 1 aromatic rings. The summed E-state index contributed by atoms with van der Waals surface area (Å²) >= 11 is 0. The summed E-state index contributed by atoms with van der Waals surface area (Å²) < 4.78 is 5.72. The van der Waals surface area contributed by atoms with E-state index in [1.807, 2.05) is 31.2 Å². The molecule has 4 nitrogen and oxygen atoms in total. The molecule has 0 radical (unpaired) electrons. The highest BCUT2D eigenvalue weighted by molar-refractivity contribution is 6.02. The van der Waals surface area contributed by atoms with Crippen LogP contribution in [0.15, 0.2) is 35.5 Å². The molecule has 0 bridgehead atoms. The van der Waals surface area contributed by atoms with Crippen LogP contribution in [0.5, 0.6) is 5.75 Å². The van der Waals surface area contributed by atoms with Crippen LogP contribution in [0.2, 0.25) is 0 Å². The van der Waals surface area contributed by atoms with Gasteiger partial charge in [-0.2, -0.15) is 0 Å². The van der Waals surface area contributed by atoms with Crippen molar-refractivity contribution in [3.63, 3.8) is 0 Å². The van der Waals surface area contributed by atoms with E-state index in [1.165, 1.54) is 0 Å². The number of Topliss-reactive ketones (excluding diaryl/α,β-unsaturated/α-hetero) is 1. The molecule has 1 heterocycles. The summed E-state index contributed by atoms with van der Waals surface area (Å²) in [6, 6.07) is 7.72. The van der Waals surface area contributed by atoms with Crippen LogP contribution in [-0.2, 0) is 9.59 Å². The molecular formula is C19H23NO3. The van der Waals surface area contributed by atoms with Crippen LogP contribution in [0.1, 0.15) is 51.5 Å². The maximum Gasteiger partial charge on any atom is 0.225 e. The lowest BCUT2D eigenvalue weighted by atomic mass is 9.70. The van der Waals surface area contributed by atoms with Crippen LogP contribution in [0.3, 0.4) is 0 Å². The number of rotatable bonds is 3. The Balaban J connectivity index is 2.09. The zero-order chi connectivity index (χ0) is 16.6. The largest absolute Gasteiger partial charge is 0.494 e. The third-order valence-corrected chi connectivity index (χ3v) is 4.54. The molecule has 23 heavy (non-hydrogen) atoms. The van der Waals surface area contributed by atoms with Crippen molar-refractivity contribution >= 4 is 11.7 Å². The number of hydrogen-bond acceptors (Lipinski definition) is 3. The zero-order valence-corrected chi connectivity index (χ0v) is 13.9. The molecule has 0 fully saturated rings. The first kappa shape index (κ1) is 15.8. The molecule has 1 N–H and O–H groups in total. The number of carbonyl (C=O) groups excluding carboxylic acids is 2. The number of ether oxygens (including phenoxy) is 1. The van der Waals surface area contributed by atoms with E-state index in [9.17, 15) is 9.59 Å². The van der Waals surface area contributed by atoms with Gasteiger partial charge in [0.05, 0.1) is 6.61 Å². The number of amides is 1. The Hall–Kier alpha value is -2.10. The third-order valence-electron chi connectivity index (χ3n) is 4.54. The number of allylic oxidation sites excluding steroid dienone is 2. The molecule has 122 valence electrons. The number of benzene rings is 1. The van der Waals surface area contributed by atoms with Gasteiger partial charge in [0.2, 0.25) is 5.91 Å². The van der Waals surface area contributed by atoms with E-state index in [4.69, 9.17) is 4.74 Å². The van der Waals surface area contributed by atoms with E-state index >= 15 is 0 Å². The average Bonchev–Trinajstić information content (AvgIpc) is 2.45. The summed E-state index contributed by atoms with van der Waals surface area (Å²) in [6.45, 7) is 6.63. The molecule has 1 aliphatic carbocycles. The fraction of sp³-hybridized carbons (Fsp3) is 0.474. The fourth-order valence-corrected chi connectivity index (χ4v) is 3.68. The quantitative estimate of drug-likeness (QED) is 0.931. The highest BCUT2D eigenvalue weighted by atomic mass is 16.5. The Bertz CT molecular complexity index is 688. The second-order valence-corrected chi connectivity index (χ2v) is 7.11. The van der Waals surface area contributed by atoms with Crippen molar-refractivity contribution in [2.24, 2.45) is 5.41 Å². The van der Waals surface area contributed by atoms with Crippen LogP contribution in [0, 0.1) is 5.41 Å². The first-order valence-electron chi connectivity index (χ1n) is 8.19. The van der Waals surface area contributed by atoms with Crippen molar-refractivity contribution in [3.05, 3.63) is 41.1 Å². The van der Waals surface area contributed by atoms with Crippen LogP contribution in [0.4, 0.5) is 0 Å². The van der Waals surface area contributed by atoms with Gasteiger partial charge in [-0.25, -0.2) is 0 Å². The van der Waals surface area contributed by atoms with Crippen molar-refractivity contribution in [2.45, 2.75) is 46.0 Å². The molecule has 1 amide bonds. The van der Waals surface area contributed by atoms with Crippen molar-refractivity contribution in [1.29, 1.82) is 0 Å². The maximum atomic E-state index is 12.8. The first-order valence-corrected chi connectivity index (χ1v) is 8.19. The third kappa shape index (κ3) is 3.03. The molecule has 0 spiro atoms. The van der Waals surface area contributed by atoms with Crippen LogP contribution < -0.4 is 10.1 Å². The lowest BCUT2D eigenvalue weighted by Gasteiger charge is -2.38. The fourth-order valence-electron chi connectivity index (χ4n) is 3.68. The lowest BCUT2D eigenvalue weighted by molar-refractivity contribution is -0.122. The Labute approximate surface area is 136 Å². The van der Waals surface area contributed by atoms with Gasteiger partial charge in [-0.05, 0) is 24.8 Å². The van der Waals surface area contributed by atoms with Gasteiger partial charge in [0.15, 0.2) is 5.78 Å². The molecule has 1 aliphatic heterocycles. The maximum absolute atomic E-state index is 12.8. The topological polar surface area (TPSA) is 55.4 Å². The predicted molar refractivity (Wildman–Crippen MR) is 88.2 cm³/mol. The number of carbonyl (C=O) groups is 2. The van der Waals surface area contributed by atoms with Crippen molar-refractivity contribution in [3.8, 4) is 5.75 Å². The summed E-state index contributed by atoms with van der Waals surface area (Å²) in [7, 11) is 0. The van der Waals surface area contributed by atoms with E-state index in [0.717, 1.165) is 29.0 Å². The smallest absolute Gasteiger partial charge is 0.225 e. The van der Waals surface area contributed by atoms with Crippen molar-refractivity contribution in [2.75, 3.05) is 6.61 Å². The predicted octanol–water partition coefficient (Wildman–Crippen LogP) is 3.33. The van der Waals surface area contributed by atoms with Gasteiger partial charge in [0.25, 0.3) is 0 Å². The van der Waals surface area contributed by atoms with Crippen LogP contribution in [-0.4, -0.2) is 18.3 Å². The molecule has 0 unspecified atom stereocenters. The minimum absolute atomic E-state index is 0.0226. The number of ketones is 1. The number of para-hydroxylation sites is 1. The van der Waals surface area contributed by atoms with Gasteiger partial charge in [-0.15, -0.1) is 0 Å². The minimum atomic E-state index is -0.204. The van der Waals surface area contributed by atoms with Gasteiger partial charge >= 0.3 is 0 Å². The molecule has 0 aromatic heterocycles. The standard InChI is InChI=1S/C19H23NO3/c1-4-23-16-8-6-5-7-12(16)13-9-17(22)20-14-10-19(2,3)11-15(21)18(13)14/h5-8,13H,4,9-11H2,1-3H3,(H,20,22)/t13-/m0/s1. The Kier molecular flexibility index (Phi) is 4.00. The highest BCUT2D eigenvalue weighted by Gasteiger charge is 2.41. The summed E-state index contributed by atoms with van der Waals surface area (Å²) in [5.41, 5.74) is 2.41.